The Balaban J connectivity index is 1.49. The molecule has 0 heterocycles. The van der Waals surface area contributed by atoms with E-state index in [0.717, 1.165) is 23.3 Å². The molecule has 0 spiro atoms. The van der Waals surface area contributed by atoms with E-state index in [9.17, 15) is 4.79 Å². The number of nitrogens with one attached hydrogen (secondary N) is 1. The van der Waals surface area contributed by atoms with Crippen LogP contribution in [0.2, 0.25) is 0 Å². The van der Waals surface area contributed by atoms with Crippen LogP contribution < -0.4 is 5.32 Å². The van der Waals surface area contributed by atoms with Crippen LogP contribution in [-0.2, 0) is 0 Å². The summed E-state index contributed by atoms with van der Waals surface area (Å²) in [6, 6.07) is 8.18. The lowest BCUT2D eigenvalue weighted by molar-refractivity contribution is -0.0688. The van der Waals surface area contributed by atoms with E-state index in [2.05, 4.69) is 34.8 Å². The molecule has 4 fully saturated rings. The van der Waals surface area contributed by atoms with E-state index in [1.165, 1.54) is 42.1 Å². The Hall–Kier alpha value is -0.580. The van der Waals surface area contributed by atoms with E-state index in [1.54, 1.807) is 0 Å². The predicted molar refractivity (Wildman–Crippen MR) is 96.7 cm³/mol. The molecule has 2 nitrogen and oxygen atoms in total. The van der Waals surface area contributed by atoms with Gasteiger partial charge in [-0.05, 0) is 115 Å². The summed E-state index contributed by atoms with van der Waals surface area (Å²) in [6.45, 7) is 2.25. The highest BCUT2D eigenvalue weighted by molar-refractivity contribution is 14.1. The molecule has 0 aliphatic heterocycles. The second-order valence-corrected chi connectivity index (χ2v) is 9.23. The number of benzene rings is 1. The molecule has 0 aromatic heterocycles. The number of halogens is 1. The first-order chi connectivity index (χ1) is 10.5. The fraction of sp³-hybridized carbons (Fsp3) is 0.632. The Kier molecular flexibility index (Phi) is 3.74. The van der Waals surface area contributed by atoms with Gasteiger partial charge in [0.1, 0.15) is 0 Å². The van der Waals surface area contributed by atoms with Crippen molar-refractivity contribution in [3.63, 3.8) is 0 Å². The number of hydrogen-bond donors (Lipinski definition) is 1. The van der Waals surface area contributed by atoms with Crippen LogP contribution in [0.15, 0.2) is 24.3 Å². The van der Waals surface area contributed by atoms with E-state index in [4.69, 9.17) is 0 Å². The fourth-order valence-electron chi connectivity index (χ4n) is 5.74. The zero-order valence-corrected chi connectivity index (χ0v) is 15.3. The Morgan fingerprint density at radius 1 is 1.09 bits per heavy atom. The SMILES string of the molecule is C[C@@H](NC(=O)c1ccc(I)cc1)C12CC3CC(CC(C3)C1)C2. The monoisotopic (exact) mass is 409 g/mol. The second-order valence-electron chi connectivity index (χ2n) is 7.98. The van der Waals surface area contributed by atoms with Gasteiger partial charge < -0.3 is 5.32 Å². The van der Waals surface area contributed by atoms with Crippen molar-refractivity contribution in [1.29, 1.82) is 0 Å². The van der Waals surface area contributed by atoms with E-state index in [0.29, 0.717) is 11.5 Å². The summed E-state index contributed by atoms with van der Waals surface area (Å²) >= 11 is 2.27. The average molecular weight is 409 g/mol. The molecule has 1 aromatic rings. The van der Waals surface area contributed by atoms with Crippen LogP contribution in [0.4, 0.5) is 0 Å². The van der Waals surface area contributed by atoms with Gasteiger partial charge in [0.05, 0.1) is 0 Å². The molecule has 22 heavy (non-hydrogen) atoms. The van der Waals surface area contributed by atoms with Crippen LogP contribution in [0.1, 0.15) is 55.8 Å². The van der Waals surface area contributed by atoms with Crippen molar-refractivity contribution in [3.05, 3.63) is 33.4 Å². The Morgan fingerprint density at radius 2 is 1.59 bits per heavy atom. The number of carbonyl (C=O) groups excluding carboxylic acids is 1. The molecule has 0 radical (unpaired) electrons. The maximum Gasteiger partial charge on any atom is 0.251 e. The summed E-state index contributed by atoms with van der Waals surface area (Å²) in [5.41, 5.74) is 1.17. The first-order valence-electron chi connectivity index (χ1n) is 8.60. The summed E-state index contributed by atoms with van der Waals surface area (Å²) in [5, 5.41) is 3.33. The van der Waals surface area contributed by atoms with Crippen molar-refractivity contribution < 1.29 is 4.79 Å². The molecule has 1 N–H and O–H groups in total. The molecule has 4 saturated carbocycles. The molecule has 4 aliphatic carbocycles. The van der Waals surface area contributed by atoms with Gasteiger partial charge in [-0.15, -0.1) is 0 Å². The van der Waals surface area contributed by atoms with Gasteiger partial charge in [-0.1, -0.05) is 0 Å². The van der Waals surface area contributed by atoms with E-state index >= 15 is 0 Å². The molecule has 3 heteroatoms. The standard InChI is InChI=1S/C19H24INO/c1-12(21-18(22)16-2-4-17(20)5-3-16)19-9-13-6-14(10-19)8-15(7-13)11-19/h2-5,12-15H,6-11H2,1H3,(H,21,22)/t12-,13?,14?,15?,19?/m1/s1. The highest BCUT2D eigenvalue weighted by Crippen LogP contribution is 2.61. The molecular formula is C19H24INO. The molecule has 4 aliphatic rings. The third-order valence-electron chi connectivity index (χ3n) is 6.46. The van der Waals surface area contributed by atoms with E-state index in [-0.39, 0.29) is 5.91 Å². The molecule has 4 bridgehead atoms. The van der Waals surface area contributed by atoms with Crippen LogP contribution in [-0.4, -0.2) is 11.9 Å². The molecule has 5 rings (SSSR count). The van der Waals surface area contributed by atoms with Gasteiger partial charge in [-0.2, -0.15) is 0 Å². The smallest absolute Gasteiger partial charge is 0.251 e. The maximum absolute atomic E-state index is 12.5. The average Bonchev–Trinajstić information content (AvgIpc) is 2.46. The number of hydrogen-bond acceptors (Lipinski definition) is 1. The Bertz CT molecular complexity index is 544. The Morgan fingerprint density at radius 3 is 2.09 bits per heavy atom. The van der Waals surface area contributed by atoms with Gasteiger partial charge in [-0.3, -0.25) is 4.79 Å². The lowest BCUT2D eigenvalue weighted by atomic mass is 9.48. The Labute approximate surface area is 146 Å². The minimum absolute atomic E-state index is 0.0969. The summed E-state index contributed by atoms with van der Waals surface area (Å²) in [5.74, 6) is 2.90. The molecule has 0 unspecified atom stereocenters. The summed E-state index contributed by atoms with van der Waals surface area (Å²) in [7, 11) is 0. The van der Waals surface area contributed by atoms with Gasteiger partial charge in [0.15, 0.2) is 0 Å². The molecule has 1 atom stereocenters. The molecule has 118 valence electrons. The van der Waals surface area contributed by atoms with Crippen molar-refractivity contribution in [2.45, 2.75) is 51.5 Å². The molecule has 1 amide bonds. The fourth-order valence-corrected chi connectivity index (χ4v) is 6.10. The lowest BCUT2D eigenvalue weighted by Crippen LogP contribution is -2.55. The van der Waals surface area contributed by atoms with Crippen molar-refractivity contribution in [2.24, 2.45) is 23.2 Å². The summed E-state index contributed by atoms with van der Waals surface area (Å²) in [4.78, 5) is 12.5. The maximum atomic E-state index is 12.5. The first kappa shape index (κ1) is 15.0. The van der Waals surface area contributed by atoms with Gasteiger partial charge in [0.2, 0.25) is 0 Å². The zero-order chi connectivity index (χ0) is 15.3. The molecule has 0 saturated heterocycles. The minimum Gasteiger partial charge on any atom is -0.349 e. The largest absolute Gasteiger partial charge is 0.349 e. The van der Waals surface area contributed by atoms with Crippen LogP contribution in [0.25, 0.3) is 0 Å². The van der Waals surface area contributed by atoms with Crippen molar-refractivity contribution >= 4 is 28.5 Å². The second kappa shape index (κ2) is 5.50. The van der Waals surface area contributed by atoms with Crippen LogP contribution in [0.5, 0.6) is 0 Å². The quantitative estimate of drug-likeness (QED) is 0.725. The topological polar surface area (TPSA) is 29.1 Å². The summed E-state index contributed by atoms with van der Waals surface area (Å²) in [6.07, 6.45) is 8.39. The van der Waals surface area contributed by atoms with Gasteiger partial charge in [0.25, 0.3) is 5.91 Å². The van der Waals surface area contributed by atoms with Crippen molar-refractivity contribution in [1.82, 2.24) is 5.32 Å². The van der Waals surface area contributed by atoms with Gasteiger partial charge in [-0.25, -0.2) is 0 Å². The number of rotatable bonds is 3. The van der Waals surface area contributed by atoms with Gasteiger partial charge >= 0.3 is 0 Å². The highest BCUT2D eigenvalue weighted by atomic mass is 127. The lowest BCUT2D eigenvalue weighted by Gasteiger charge is -2.59. The third-order valence-corrected chi connectivity index (χ3v) is 7.18. The normalized spacial score (nSPS) is 37.1. The van der Waals surface area contributed by atoms with Gasteiger partial charge in [0, 0.05) is 15.2 Å². The first-order valence-corrected chi connectivity index (χ1v) is 9.68. The van der Waals surface area contributed by atoms with E-state index in [1.807, 2.05) is 24.3 Å². The number of amides is 1. The molecule has 1 aromatic carbocycles. The molecular weight excluding hydrogens is 385 g/mol. The van der Waals surface area contributed by atoms with Crippen molar-refractivity contribution in [3.8, 4) is 0 Å². The van der Waals surface area contributed by atoms with E-state index < -0.39 is 0 Å². The minimum atomic E-state index is 0.0969. The van der Waals surface area contributed by atoms with Crippen LogP contribution in [0, 0.1) is 26.7 Å². The third kappa shape index (κ3) is 2.59. The highest BCUT2D eigenvalue weighted by Gasteiger charge is 2.53. The number of carbonyl (C=O) groups is 1. The van der Waals surface area contributed by atoms with Crippen LogP contribution in [0.3, 0.4) is 0 Å². The predicted octanol–water partition coefficient (Wildman–Crippen LogP) is 4.63. The van der Waals surface area contributed by atoms with Crippen LogP contribution >= 0.6 is 22.6 Å². The van der Waals surface area contributed by atoms with Crippen molar-refractivity contribution in [2.75, 3.05) is 0 Å². The zero-order valence-electron chi connectivity index (χ0n) is 13.1. The summed E-state index contributed by atoms with van der Waals surface area (Å²) < 4.78 is 1.17.